The molecule has 0 amide bonds. The molecule has 1 saturated heterocycles. The normalized spacial score (nSPS) is 18.1. The lowest BCUT2D eigenvalue weighted by atomic mass is 10.2. The van der Waals surface area contributed by atoms with Crippen LogP contribution in [0.25, 0.3) is 11.9 Å². The van der Waals surface area contributed by atoms with Gasteiger partial charge in [0.15, 0.2) is 0 Å². The molecule has 0 spiro atoms. The average Bonchev–Trinajstić information content (AvgIpc) is 3.20. The van der Waals surface area contributed by atoms with Crippen LogP contribution in [0.2, 0.25) is 0 Å². The van der Waals surface area contributed by atoms with E-state index in [0.717, 1.165) is 11.3 Å². The van der Waals surface area contributed by atoms with Gasteiger partial charge in [-0.15, -0.1) is 5.10 Å². The largest absolute Gasteiger partial charge is 0.475 e. The standard InChI is InChI=1S/C20H23N5O4S2/c1-15-12-18(25-19(21-15)22-20(23-25)30-2)29-14-17-13-24(9-10-28-17)31(26,27)11-8-16-6-4-3-5-7-16/h3-8,11-12,17H,9-10,13-14H2,1-2H3. The van der Waals surface area contributed by atoms with Gasteiger partial charge in [-0.1, -0.05) is 42.1 Å². The molecule has 164 valence electrons. The molecule has 1 fully saturated rings. The number of thioether (sulfide) groups is 1. The molecule has 2 aromatic heterocycles. The number of benzene rings is 1. The molecular formula is C20H23N5O4S2. The van der Waals surface area contributed by atoms with Gasteiger partial charge in [0.1, 0.15) is 12.7 Å². The maximum atomic E-state index is 12.7. The zero-order valence-electron chi connectivity index (χ0n) is 17.2. The zero-order chi connectivity index (χ0) is 21.8. The van der Waals surface area contributed by atoms with E-state index in [2.05, 4.69) is 15.1 Å². The molecule has 0 radical (unpaired) electrons. The van der Waals surface area contributed by atoms with E-state index < -0.39 is 16.1 Å². The lowest BCUT2D eigenvalue weighted by molar-refractivity contribution is -0.0257. The minimum atomic E-state index is -3.56. The Morgan fingerprint density at radius 1 is 1.29 bits per heavy atom. The molecule has 11 heteroatoms. The van der Waals surface area contributed by atoms with Crippen LogP contribution in [0, 0.1) is 6.92 Å². The van der Waals surface area contributed by atoms with Crippen LogP contribution in [0.3, 0.4) is 0 Å². The number of sulfonamides is 1. The highest BCUT2D eigenvalue weighted by Crippen LogP contribution is 2.19. The Balaban J connectivity index is 1.43. The first kappa shape index (κ1) is 21.8. The molecule has 9 nitrogen and oxygen atoms in total. The van der Waals surface area contributed by atoms with Gasteiger partial charge in [-0.2, -0.15) is 13.8 Å². The van der Waals surface area contributed by atoms with Crippen LogP contribution in [0.5, 0.6) is 5.88 Å². The summed E-state index contributed by atoms with van der Waals surface area (Å²) in [5, 5.41) is 6.20. The molecule has 4 rings (SSSR count). The summed E-state index contributed by atoms with van der Waals surface area (Å²) < 4.78 is 40.1. The second-order valence-corrected chi connectivity index (χ2v) is 9.56. The van der Waals surface area contributed by atoms with Crippen molar-refractivity contribution < 1.29 is 17.9 Å². The summed E-state index contributed by atoms with van der Waals surface area (Å²) in [6.07, 6.45) is 3.08. The molecule has 1 atom stereocenters. The molecule has 1 aliphatic heterocycles. The van der Waals surface area contributed by atoms with Crippen LogP contribution in [0.15, 0.2) is 47.0 Å². The van der Waals surface area contributed by atoms with Crippen LogP contribution in [0.4, 0.5) is 0 Å². The van der Waals surface area contributed by atoms with Crippen LogP contribution < -0.4 is 4.74 Å². The molecule has 1 aromatic carbocycles. The van der Waals surface area contributed by atoms with Crippen molar-refractivity contribution in [2.24, 2.45) is 0 Å². The highest BCUT2D eigenvalue weighted by Gasteiger charge is 2.28. The number of aromatic nitrogens is 4. The van der Waals surface area contributed by atoms with Gasteiger partial charge in [0.2, 0.25) is 21.1 Å². The SMILES string of the molecule is CSc1nc2nc(C)cc(OCC3CN(S(=O)(=O)C=Cc4ccccc4)CCO3)n2n1. The van der Waals surface area contributed by atoms with Crippen molar-refractivity contribution in [1.82, 2.24) is 23.9 Å². The predicted molar refractivity (Wildman–Crippen MR) is 119 cm³/mol. The molecule has 0 bridgehead atoms. The molecular weight excluding hydrogens is 438 g/mol. The van der Waals surface area contributed by atoms with Crippen molar-refractivity contribution >= 4 is 33.6 Å². The Hall–Kier alpha value is -2.47. The van der Waals surface area contributed by atoms with E-state index in [1.807, 2.05) is 43.5 Å². The minimum absolute atomic E-state index is 0.182. The second-order valence-electron chi connectivity index (χ2n) is 6.97. The fraction of sp³-hybridized carbons (Fsp3) is 0.350. The number of hydrogen-bond donors (Lipinski definition) is 0. The second kappa shape index (κ2) is 9.35. The molecule has 0 saturated carbocycles. The quantitative estimate of drug-likeness (QED) is 0.494. The van der Waals surface area contributed by atoms with E-state index in [1.165, 1.54) is 21.5 Å². The molecule has 0 N–H and O–H groups in total. The third-order valence-electron chi connectivity index (χ3n) is 4.68. The van der Waals surface area contributed by atoms with E-state index >= 15 is 0 Å². The van der Waals surface area contributed by atoms with Crippen molar-refractivity contribution in [1.29, 1.82) is 0 Å². The number of aryl methyl sites for hydroxylation is 1. The summed E-state index contributed by atoms with van der Waals surface area (Å²) in [5.74, 6) is 0.946. The molecule has 3 aromatic rings. The summed E-state index contributed by atoms with van der Waals surface area (Å²) in [6, 6.07) is 11.1. The van der Waals surface area contributed by atoms with Gasteiger partial charge in [-0.25, -0.2) is 13.4 Å². The van der Waals surface area contributed by atoms with Crippen LogP contribution in [-0.4, -0.2) is 71.0 Å². The van der Waals surface area contributed by atoms with Gasteiger partial charge in [-0.3, -0.25) is 0 Å². The van der Waals surface area contributed by atoms with Gasteiger partial charge >= 0.3 is 0 Å². The van der Waals surface area contributed by atoms with Crippen LogP contribution in [-0.2, 0) is 14.8 Å². The Kier molecular flexibility index (Phi) is 6.56. The van der Waals surface area contributed by atoms with E-state index in [1.54, 1.807) is 16.7 Å². The maximum absolute atomic E-state index is 12.7. The lowest BCUT2D eigenvalue weighted by Crippen LogP contribution is -2.47. The van der Waals surface area contributed by atoms with Crippen molar-refractivity contribution in [2.75, 3.05) is 32.6 Å². The van der Waals surface area contributed by atoms with Crippen LogP contribution >= 0.6 is 11.8 Å². The summed E-state index contributed by atoms with van der Waals surface area (Å²) in [5.41, 5.74) is 1.58. The molecule has 1 aliphatic rings. The fourth-order valence-corrected chi connectivity index (χ4v) is 4.68. The van der Waals surface area contributed by atoms with Gasteiger partial charge in [0.25, 0.3) is 5.78 Å². The third kappa shape index (κ3) is 5.24. The minimum Gasteiger partial charge on any atom is -0.475 e. The average molecular weight is 462 g/mol. The van der Waals surface area contributed by atoms with Crippen LogP contribution in [0.1, 0.15) is 11.3 Å². The highest BCUT2D eigenvalue weighted by atomic mass is 32.2. The predicted octanol–water partition coefficient (Wildman–Crippen LogP) is 2.23. The fourth-order valence-electron chi connectivity index (χ4n) is 3.14. The third-order valence-corrected chi connectivity index (χ3v) is 6.75. The molecule has 31 heavy (non-hydrogen) atoms. The first-order chi connectivity index (χ1) is 14.9. The number of rotatable bonds is 7. The van der Waals surface area contributed by atoms with Crippen molar-refractivity contribution in [3.05, 3.63) is 53.1 Å². The van der Waals surface area contributed by atoms with Gasteiger partial charge < -0.3 is 9.47 Å². The Morgan fingerprint density at radius 3 is 2.87 bits per heavy atom. The number of ether oxygens (including phenoxy) is 2. The smallest absolute Gasteiger partial charge is 0.256 e. The van der Waals surface area contributed by atoms with E-state index in [9.17, 15) is 8.42 Å². The first-order valence-electron chi connectivity index (χ1n) is 9.71. The summed E-state index contributed by atoms with van der Waals surface area (Å²) in [4.78, 5) is 8.69. The number of hydrogen-bond acceptors (Lipinski definition) is 8. The highest BCUT2D eigenvalue weighted by molar-refractivity contribution is 7.98. The molecule has 1 unspecified atom stereocenters. The summed E-state index contributed by atoms with van der Waals surface area (Å²) in [6.45, 7) is 2.85. The topological polar surface area (TPSA) is 98.9 Å². The Bertz CT molecular complexity index is 1180. The molecule has 3 heterocycles. The van der Waals surface area contributed by atoms with Crippen molar-refractivity contribution in [3.63, 3.8) is 0 Å². The monoisotopic (exact) mass is 461 g/mol. The van der Waals surface area contributed by atoms with E-state index in [0.29, 0.717) is 30.0 Å². The maximum Gasteiger partial charge on any atom is 0.256 e. The van der Waals surface area contributed by atoms with E-state index in [-0.39, 0.29) is 13.2 Å². The van der Waals surface area contributed by atoms with Gasteiger partial charge in [-0.05, 0) is 24.8 Å². The lowest BCUT2D eigenvalue weighted by Gasteiger charge is -2.31. The van der Waals surface area contributed by atoms with Gasteiger partial charge in [0, 0.05) is 30.3 Å². The first-order valence-corrected chi connectivity index (χ1v) is 12.4. The summed E-state index contributed by atoms with van der Waals surface area (Å²) in [7, 11) is -3.56. The molecule has 0 aliphatic carbocycles. The summed E-state index contributed by atoms with van der Waals surface area (Å²) >= 11 is 1.42. The zero-order valence-corrected chi connectivity index (χ0v) is 18.8. The van der Waals surface area contributed by atoms with E-state index in [4.69, 9.17) is 9.47 Å². The van der Waals surface area contributed by atoms with Crippen molar-refractivity contribution in [3.8, 4) is 5.88 Å². The number of fused-ring (bicyclic) bond motifs is 1. The van der Waals surface area contributed by atoms with Gasteiger partial charge in [0.05, 0.1) is 6.61 Å². The number of nitrogens with zero attached hydrogens (tertiary/aromatic N) is 5. The Labute approximate surface area is 185 Å². The number of morpholine rings is 1. The Morgan fingerprint density at radius 2 is 2.10 bits per heavy atom. The van der Waals surface area contributed by atoms with Crippen molar-refractivity contribution in [2.45, 2.75) is 18.2 Å².